The van der Waals surface area contributed by atoms with Crippen molar-refractivity contribution < 1.29 is 13.2 Å². The number of carbonyl (C=O) groups is 1. The zero-order chi connectivity index (χ0) is 19.4. The Hall–Kier alpha value is -1.15. The third-order valence-electron chi connectivity index (χ3n) is 5.48. The highest BCUT2D eigenvalue weighted by molar-refractivity contribution is 7.88. The molecule has 2 aliphatic heterocycles. The summed E-state index contributed by atoms with van der Waals surface area (Å²) in [4.78, 5) is 14.9. The number of hydrogen-bond acceptors (Lipinski definition) is 4. The summed E-state index contributed by atoms with van der Waals surface area (Å²) in [5.41, 5.74) is 0.706. The SMILES string of the molecule is CN1CCC(NC(=O)C2CCCN(S(=O)(=O)Cc3ccc(Cl)cc3)C2)CC1. The molecule has 2 heterocycles. The van der Waals surface area contributed by atoms with Crippen LogP contribution in [0.1, 0.15) is 31.2 Å². The second kappa shape index (κ2) is 8.90. The molecule has 8 heteroatoms. The van der Waals surface area contributed by atoms with Crippen molar-refractivity contribution in [2.24, 2.45) is 5.92 Å². The molecule has 3 rings (SSSR count). The maximum atomic E-state index is 12.8. The molecule has 0 bridgehead atoms. The van der Waals surface area contributed by atoms with Crippen LogP contribution in [-0.4, -0.2) is 62.8 Å². The molecule has 2 aliphatic rings. The lowest BCUT2D eigenvalue weighted by molar-refractivity contribution is -0.127. The number of benzene rings is 1. The van der Waals surface area contributed by atoms with E-state index in [1.54, 1.807) is 24.3 Å². The van der Waals surface area contributed by atoms with E-state index in [1.807, 2.05) is 0 Å². The van der Waals surface area contributed by atoms with E-state index >= 15 is 0 Å². The van der Waals surface area contributed by atoms with Gasteiger partial charge in [0.1, 0.15) is 0 Å². The van der Waals surface area contributed by atoms with Crippen LogP contribution in [0.15, 0.2) is 24.3 Å². The highest BCUT2D eigenvalue weighted by atomic mass is 35.5. The van der Waals surface area contributed by atoms with E-state index in [9.17, 15) is 13.2 Å². The molecule has 1 atom stereocenters. The van der Waals surface area contributed by atoms with Crippen LogP contribution in [0, 0.1) is 5.92 Å². The van der Waals surface area contributed by atoms with Crippen molar-refractivity contribution in [3.05, 3.63) is 34.9 Å². The molecule has 1 amide bonds. The predicted molar refractivity (Wildman–Crippen MR) is 107 cm³/mol. The number of piperidine rings is 2. The first-order valence-electron chi connectivity index (χ1n) is 9.55. The van der Waals surface area contributed by atoms with Crippen LogP contribution in [0.3, 0.4) is 0 Å². The first-order valence-corrected chi connectivity index (χ1v) is 11.5. The van der Waals surface area contributed by atoms with Crippen LogP contribution in [0.25, 0.3) is 0 Å². The Morgan fingerprint density at radius 3 is 2.48 bits per heavy atom. The minimum absolute atomic E-state index is 0.00375. The maximum Gasteiger partial charge on any atom is 0.224 e. The standard InChI is InChI=1S/C19H28ClN3O3S/c1-22-11-8-18(9-12-22)21-19(24)16-3-2-10-23(13-16)27(25,26)14-15-4-6-17(20)7-5-15/h4-7,16,18H,2-3,8-14H2,1H3,(H,21,24). The quantitative estimate of drug-likeness (QED) is 0.802. The van der Waals surface area contributed by atoms with E-state index in [2.05, 4.69) is 17.3 Å². The summed E-state index contributed by atoms with van der Waals surface area (Å²) < 4.78 is 27.1. The number of hydrogen-bond donors (Lipinski definition) is 1. The number of amides is 1. The highest BCUT2D eigenvalue weighted by Crippen LogP contribution is 2.23. The number of sulfonamides is 1. The van der Waals surface area contributed by atoms with E-state index in [1.165, 1.54) is 4.31 Å². The van der Waals surface area contributed by atoms with Crippen LogP contribution in [0.5, 0.6) is 0 Å². The molecule has 1 N–H and O–H groups in total. The third-order valence-corrected chi connectivity index (χ3v) is 7.54. The molecule has 27 heavy (non-hydrogen) atoms. The molecular weight excluding hydrogens is 386 g/mol. The van der Waals surface area contributed by atoms with Gasteiger partial charge in [-0.25, -0.2) is 12.7 Å². The van der Waals surface area contributed by atoms with Crippen molar-refractivity contribution in [3.8, 4) is 0 Å². The van der Waals surface area contributed by atoms with E-state index < -0.39 is 10.0 Å². The van der Waals surface area contributed by atoms with Crippen LogP contribution >= 0.6 is 11.6 Å². The van der Waals surface area contributed by atoms with Gasteiger partial charge < -0.3 is 10.2 Å². The zero-order valence-corrected chi connectivity index (χ0v) is 17.3. The van der Waals surface area contributed by atoms with Crippen molar-refractivity contribution in [3.63, 3.8) is 0 Å². The molecule has 0 radical (unpaired) electrons. The number of halogens is 1. The van der Waals surface area contributed by atoms with Crippen LogP contribution in [-0.2, 0) is 20.6 Å². The van der Waals surface area contributed by atoms with E-state index in [0.717, 1.165) is 32.4 Å². The van der Waals surface area contributed by atoms with Gasteiger partial charge in [0.25, 0.3) is 0 Å². The van der Waals surface area contributed by atoms with Crippen molar-refractivity contribution in [2.45, 2.75) is 37.5 Å². The number of carbonyl (C=O) groups excluding carboxylic acids is 1. The second-order valence-corrected chi connectivity index (χ2v) is 10.1. The van der Waals surface area contributed by atoms with Gasteiger partial charge in [-0.1, -0.05) is 23.7 Å². The van der Waals surface area contributed by atoms with Crippen molar-refractivity contribution >= 4 is 27.5 Å². The number of nitrogens with one attached hydrogen (secondary N) is 1. The number of likely N-dealkylation sites (tertiary alicyclic amines) is 1. The third kappa shape index (κ3) is 5.67. The zero-order valence-electron chi connectivity index (χ0n) is 15.7. The fraction of sp³-hybridized carbons (Fsp3) is 0.632. The van der Waals surface area contributed by atoms with Crippen molar-refractivity contribution in [1.82, 2.24) is 14.5 Å². The number of rotatable bonds is 5. The topological polar surface area (TPSA) is 69.7 Å². The average molecular weight is 414 g/mol. The number of nitrogens with zero attached hydrogens (tertiary/aromatic N) is 2. The summed E-state index contributed by atoms with van der Waals surface area (Å²) >= 11 is 5.87. The van der Waals surface area contributed by atoms with E-state index in [0.29, 0.717) is 23.6 Å². The molecule has 150 valence electrons. The molecule has 2 saturated heterocycles. The summed E-state index contributed by atoms with van der Waals surface area (Å²) in [7, 11) is -1.37. The molecule has 6 nitrogen and oxygen atoms in total. The minimum Gasteiger partial charge on any atom is -0.353 e. The molecule has 0 saturated carbocycles. The highest BCUT2D eigenvalue weighted by Gasteiger charge is 2.33. The Labute approximate surface area is 166 Å². The Morgan fingerprint density at radius 1 is 1.15 bits per heavy atom. The summed E-state index contributed by atoms with van der Waals surface area (Å²) in [6.07, 6.45) is 3.36. The van der Waals surface area contributed by atoms with Gasteiger partial charge in [0.05, 0.1) is 11.7 Å². The van der Waals surface area contributed by atoms with E-state index in [4.69, 9.17) is 11.6 Å². The predicted octanol–water partition coefficient (Wildman–Crippen LogP) is 2.09. The first-order chi connectivity index (χ1) is 12.8. The van der Waals surface area contributed by atoms with Gasteiger partial charge in [-0.05, 0) is 63.5 Å². The van der Waals surface area contributed by atoms with Crippen LogP contribution in [0.2, 0.25) is 5.02 Å². The summed E-state index contributed by atoms with van der Waals surface area (Å²) in [6, 6.07) is 7.05. The molecule has 0 aromatic heterocycles. The smallest absolute Gasteiger partial charge is 0.224 e. The Kier molecular flexibility index (Phi) is 6.78. The van der Waals surface area contributed by atoms with Gasteiger partial charge >= 0.3 is 0 Å². The fourth-order valence-corrected chi connectivity index (χ4v) is 5.50. The lowest BCUT2D eigenvalue weighted by atomic mass is 9.97. The first kappa shape index (κ1) is 20.6. The van der Waals surface area contributed by atoms with Gasteiger partial charge in [0.15, 0.2) is 0 Å². The molecule has 2 fully saturated rings. The van der Waals surface area contributed by atoms with Gasteiger partial charge in [-0.15, -0.1) is 0 Å². The molecule has 1 unspecified atom stereocenters. The van der Waals surface area contributed by atoms with Gasteiger partial charge in [-0.2, -0.15) is 0 Å². The van der Waals surface area contributed by atoms with Crippen molar-refractivity contribution in [1.29, 1.82) is 0 Å². The fourth-order valence-electron chi connectivity index (χ4n) is 3.76. The lowest BCUT2D eigenvalue weighted by Crippen LogP contribution is -2.49. The Balaban J connectivity index is 1.57. The van der Waals surface area contributed by atoms with Crippen molar-refractivity contribution in [2.75, 3.05) is 33.2 Å². The summed E-state index contributed by atoms with van der Waals surface area (Å²) in [5, 5.41) is 3.72. The van der Waals surface area contributed by atoms with Gasteiger partial charge in [0, 0.05) is 24.2 Å². The van der Waals surface area contributed by atoms with Gasteiger partial charge in [-0.3, -0.25) is 4.79 Å². The summed E-state index contributed by atoms with van der Waals surface area (Å²) in [6.45, 7) is 2.72. The average Bonchev–Trinajstić information content (AvgIpc) is 2.65. The normalized spacial score (nSPS) is 23.3. The largest absolute Gasteiger partial charge is 0.353 e. The van der Waals surface area contributed by atoms with Crippen LogP contribution in [0.4, 0.5) is 0 Å². The molecule has 0 spiro atoms. The minimum atomic E-state index is -3.45. The Bertz CT molecular complexity index is 746. The Morgan fingerprint density at radius 2 is 1.81 bits per heavy atom. The molecule has 1 aromatic carbocycles. The lowest BCUT2D eigenvalue weighted by Gasteiger charge is -2.34. The van der Waals surface area contributed by atoms with Gasteiger partial charge in [0.2, 0.25) is 15.9 Å². The molecule has 1 aromatic rings. The monoisotopic (exact) mass is 413 g/mol. The molecule has 0 aliphatic carbocycles. The summed E-state index contributed by atoms with van der Waals surface area (Å²) in [5.74, 6) is -0.331. The molecular formula is C19H28ClN3O3S. The van der Waals surface area contributed by atoms with E-state index in [-0.39, 0.29) is 30.2 Å². The van der Waals surface area contributed by atoms with Crippen LogP contribution < -0.4 is 5.32 Å². The maximum absolute atomic E-state index is 12.8. The second-order valence-electron chi connectivity index (χ2n) is 7.67.